The fourth-order valence-electron chi connectivity index (χ4n) is 1.28. The number of halogens is 1. The van der Waals surface area contributed by atoms with Crippen molar-refractivity contribution in [1.82, 2.24) is 0 Å². The molecule has 0 fully saturated rings. The molecule has 0 unspecified atom stereocenters. The third-order valence-electron chi connectivity index (χ3n) is 1.98. The Morgan fingerprint density at radius 1 is 1.29 bits per heavy atom. The number of fused-ring (bicyclic) bond motifs is 1. The Kier molecular flexibility index (Phi) is 2.69. The molecule has 0 radical (unpaired) electrons. The number of hydrogen-bond donors (Lipinski definition) is 3. The lowest BCUT2D eigenvalue weighted by molar-refractivity contribution is 0.426. The van der Waals surface area contributed by atoms with Gasteiger partial charge in [-0.3, -0.25) is 0 Å². The van der Waals surface area contributed by atoms with Crippen LogP contribution >= 0.6 is 33.9 Å². The van der Waals surface area contributed by atoms with Gasteiger partial charge in [0.15, 0.2) is 0 Å². The topological polar surface area (TPSA) is 60.7 Å². The molecule has 6 heteroatoms. The lowest BCUT2D eigenvalue weighted by Gasteiger charge is -1.99. The Labute approximate surface area is 98.3 Å². The summed E-state index contributed by atoms with van der Waals surface area (Å²) < 4.78 is 1.45. The second-order valence-corrected chi connectivity index (χ2v) is 4.88. The molecule has 14 heavy (non-hydrogen) atoms. The number of benzene rings is 1. The van der Waals surface area contributed by atoms with Gasteiger partial charge in [-0.1, -0.05) is 6.07 Å². The molecular formula is C8H6BIO3S. The van der Waals surface area contributed by atoms with Gasteiger partial charge in [-0.25, -0.2) is 0 Å². The van der Waals surface area contributed by atoms with Crippen LogP contribution in [0.4, 0.5) is 0 Å². The Bertz CT molecular complexity index is 483. The van der Waals surface area contributed by atoms with Crippen molar-refractivity contribution in [2.75, 3.05) is 0 Å². The third-order valence-corrected chi connectivity index (χ3v) is 3.87. The van der Waals surface area contributed by atoms with E-state index in [4.69, 9.17) is 10.0 Å². The fourth-order valence-corrected chi connectivity index (χ4v) is 2.94. The highest BCUT2D eigenvalue weighted by atomic mass is 127. The summed E-state index contributed by atoms with van der Waals surface area (Å²) in [4.78, 5) is 0. The summed E-state index contributed by atoms with van der Waals surface area (Å²) in [5, 5.41) is 30.1. The normalized spacial score (nSPS) is 10.8. The van der Waals surface area contributed by atoms with Crippen LogP contribution in [0.2, 0.25) is 0 Å². The predicted molar refractivity (Wildman–Crippen MR) is 66.0 cm³/mol. The highest BCUT2D eigenvalue weighted by molar-refractivity contribution is 14.1. The van der Waals surface area contributed by atoms with E-state index in [-0.39, 0.29) is 5.75 Å². The largest absolute Gasteiger partial charge is 0.505 e. The summed E-state index contributed by atoms with van der Waals surface area (Å²) in [6.07, 6.45) is 0. The van der Waals surface area contributed by atoms with E-state index in [1.54, 1.807) is 17.5 Å². The van der Waals surface area contributed by atoms with E-state index in [1.807, 2.05) is 22.6 Å². The van der Waals surface area contributed by atoms with Gasteiger partial charge >= 0.3 is 7.12 Å². The highest BCUT2D eigenvalue weighted by Gasteiger charge is 2.18. The molecule has 0 bridgehead atoms. The number of hydrogen-bond acceptors (Lipinski definition) is 4. The first kappa shape index (κ1) is 10.2. The highest BCUT2D eigenvalue weighted by Crippen LogP contribution is 2.32. The lowest BCUT2D eigenvalue weighted by Crippen LogP contribution is -2.28. The number of thiophene rings is 1. The van der Waals surface area contributed by atoms with Gasteiger partial charge in [0.2, 0.25) is 0 Å². The molecule has 0 spiro atoms. The summed E-state index contributed by atoms with van der Waals surface area (Å²) in [7, 11) is -1.48. The van der Waals surface area contributed by atoms with E-state index < -0.39 is 7.12 Å². The van der Waals surface area contributed by atoms with Crippen LogP contribution in [0.5, 0.6) is 5.75 Å². The minimum atomic E-state index is -1.48. The Morgan fingerprint density at radius 3 is 2.64 bits per heavy atom. The van der Waals surface area contributed by atoms with Crippen LogP contribution in [0, 0.1) is 3.57 Å². The van der Waals surface area contributed by atoms with Crippen LogP contribution in [-0.4, -0.2) is 22.3 Å². The summed E-state index contributed by atoms with van der Waals surface area (Å²) in [5.74, 6) is 0.208. The molecule has 72 valence electrons. The quantitative estimate of drug-likeness (QED) is 0.540. The van der Waals surface area contributed by atoms with Crippen molar-refractivity contribution < 1.29 is 15.2 Å². The first-order valence-electron chi connectivity index (χ1n) is 3.86. The van der Waals surface area contributed by atoms with E-state index >= 15 is 0 Å². The summed E-state index contributed by atoms with van der Waals surface area (Å²) in [5.41, 5.74) is 0.441. The molecular weight excluding hydrogens is 314 g/mol. The van der Waals surface area contributed by atoms with Gasteiger partial charge in [0.25, 0.3) is 0 Å². The summed E-state index contributed by atoms with van der Waals surface area (Å²) in [6, 6.07) is 3.53. The number of phenolic OH excluding ortho intramolecular Hbond substituents is 1. The minimum absolute atomic E-state index is 0.208. The fraction of sp³-hybridized carbons (Fsp3) is 0. The van der Waals surface area contributed by atoms with Gasteiger partial charge in [-0.2, -0.15) is 0 Å². The van der Waals surface area contributed by atoms with Crippen molar-refractivity contribution in [2.24, 2.45) is 0 Å². The maximum Gasteiger partial charge on any atom is 0.489 e. The van der Waals surface area contributed by atoms with Crippen molar-refractivity contribution >= 4 is 56.6 Å². The van der Waals surface area contributed by atoms with E-state index in [0.717, 1.165) is 3.57 Å². The average Bonchev–Trinajstić information content (AvgIpc) is 2.55. The van der Waals surface area contributed by atoms with Gasteiger partial charge < -0.3 is 15.2 Å². The second kappa shape index (κ2) is 3.69. The van der Waals surface area contributed by atoms with Crippen molar-refractivity contribution in [1.29, 1.82) is 0 Å². The second-order valence-electron chi connectivity index (χ2n) is 2.84. The van der Waals surface area contributed by atoms with Gasteiger partial charge in [0.05, 0.1) is 8.27 Å². The minimum Gasteiger partial charge on any atom is -0.505 e. The van der Waals surface area contributed by atoms with Gasteiger partial charge in [-0.15, -0.1) is 11.3 Å². The Hall–Kier alpha value is -0.305. The maximum absolute atomic E-state index is 9.69. The van der Waals surface area contributed by atoms with Crippen LogP contribution < -0.4 is 5.46 Å². The van der Waals surface area contributed by atoms with E-state index in [9.17, 15) is 5.11 Å². The van der Waals surface area contributed by atoms with E-state index in [0.29, 0.717) is 15.5 Å². The lowest BCUT2D eigenvalue weighted by atomic mass is 9.80. The molecule has 1 aromatic carbocycles. The molecule has 2 rings (SSSR count). The molecule has 0 saturated heterocycles. The zero-order valence-electron chi connectivity index (χ0n) is 6.94. The third kappa shape index (κ3) is 1.52. The Balaban J connectivity index is 2.77. The van der Waals surface area contributed by atoms with Gasteiger partial charge in [-0.05, 0) is 39.4 Å². The molecule has 1 aromatic heterocycles. The molecule has 0 amide bonds. The number of aromatic hydroxyl groups is 1. The molecule has 3 N–H and O–H groups in total. The van der Waals surface area contributed by atoms with Crippen LogP contribution in [0.15, 0.2) is 17.5 Å². The molecule has 0 aliphatic carbocycles. The average molecular weight is 320 g/mol. The summed E-state index contributed by atoms with van der Waals surface area (Å²) >= 11 is 3.34. The van der Waals surface area contributed by atoms with Gasteiger partial charge in [0, 0.05) is 5.46 Å². The van der Waals surface area contributed by atoms with Crippen LogP contribution in [-0.2, 0) is 0 Å². The molecule has 0 atom stereocenters. The first-order valence-corrected chi connectivity index (χ1v) is 5.82. The molecule has 0 aliphatic heterocycles. The van der Waals surface area contributed by atoms with E-state index in [2.05, 4.69) is 0 Å². The zero-order valence-corrected chi connectivity index (χ0v) is 9.91. The molecule has 2 aromatic rings. The molecule has 0 aliphatic rings. The van der Waals surface area contributed by atoms with Crippen molar-refractivity contribution in [3.8, 4) is 5.75 Å². The monoisotopic (exact) mass is 320 g/mol. The van der Waals surface area contributed by atoms with E-state index in [1.165, 1.54) is 11.3 Å². The van der Waals surface area contributed by atoms with Crippen LogP contribution in [0.25, 0.3) is 10.1 Å². The van der Waals surface area contributed by atoms with Crippen molar-refractivity contribution in [3.63, 3.8) is 0 Å². The summed E-state index contributed by atoms with van der Waals surface area (Å²) in [6.45, 7) is 0. The molecule has 0 saturated carbocycles. The van der Waals surface area contributed by atoms with Crippen molar-refractivity contribution in [3.05, 3.63) is 21.1 Å². The first-order chi connectivity index (χ1) is 6.61. The van der Waals surface area contributed by atoms with Crippen LogP contribution in [0.1, 0.15) is 0 Å². The molecule has 1 heterocycles. The smallest absolute Gasteiger partial charge is 0.489 e. The van der Waals surface area contributed by atoms with Crippen molar-refractivity contribution in [2.45, 2.75) is 0 Å². The maximum atomic E-state index is 9.69. The standard InChI is InChI=1S/C8H6BIO3S/c10-6-2-1-4-5(9(12)13)3-14-8(4)7(6)11/h1-3,11-13H. The Morgan fingerprint density at radius 2 is 2.00 bits per heavy atom. The molecule has 3 nitrogen and oxygen atoms in total. The number of phenols is 1. The SMILES string of the molecule is OB(O)c1csc2c(O)c(I)ccc12. The number of rotatable bonds is 1. The zero-order chi connectivity index (χ0) is 10.3. The van der Waals surface area contributed by atoms with Gasteiger partial charge in [0.1, 0.15) is 5.75 Å². The van der Waals surface area contributed by atoms with Crippen LogP contribution in [0.3, 0.4) is 0 Å². The predicted octanol–water partition coefficient (Wildman–Crippen LogP) is 0.891.